The summed E-state index contributed by atoms with van der Waals surface area (Å²) in [7, 11) is 0. The van der Waals surface area contributed by atoms with E-state index in [1.54, 1.807) is 18.4 Å². The van der Waals surface area contributed by atoms with E-state index in [2.05, 4.69) is 20.5 Å². The number of hydrogen-bond donors (Lipinski definition) is 2. The standard InChI is InChI=1S/C10H12N4O2/c1-2-8-12-9(14-13-8)10(15)11-6-7-4-3-5-16-7/h3-5H,2,6H2,1H3,(H,11,15)(H,12,13,14). The van der Waals surface area contributed by atoms with Crippen molar-refractivity contribution in [2.24, 2.45) is 0 Å². The number of nitrogens with zero attached hydrogens (tertiary/aromatic N) is 2. The smallest absolute Gasteiger partial charge is 0.291 e. The summed E-state index contributed by atoms with van der Waals surface area (Å²) in [6.07, 6.45) is 2.28. The Bertz CT molecular complexity index is 461. The van der Waals surface area contributed by atoms with Crippen molar-refractivity contribution in [3.05, 3.63) is 35.8 Å². The molecule has 2 N–H and O–H groups in total. The molecule has 0 unspecified atom stereocenters. The maximum atomic E-state index is 11.6. The van der Waals surface area contributed by atoms with Crippen LogP contribution < -0.4 is 5.32 Å². The predicted molar refractivity (Wildman–Crippen MR) is 55.6 cm³/mol. The summed E-state index contributed by atoms with van der Waals surface area (Å²) >= 11 is 0. The highest BCUT2D eigenvalue weighted by Crippen LogP contribution is 1.99. The summed E-state index contributed by atoms with van der Waals surface area (Å²) in [4.78, 5) is 15.6. The average molecular weight is 220 g/mol. The summed E-state index contributed by atoms with van der Waals surface area (Å²) in [5.74, 6) is 1.23. The molecule has 0 aliphatic carbocycles. The molecule has 2 rings (SSSR count). The number of rotatable bonds is 4. The van der Waals surface area contributed by atoms with Crippen LogP contribution in [0.4, 0.5) is 0 Å². The topological polar surface area (TPSA) is 83.8 Å². The molecule has 0 bridgehead atoms. The summed E-state index contributed by atoms with van der Waals surface area (Å²) in [5.41, 5.74) is 0. The van der Waals surface area contributed by atoms with E-state index in [-0.39, 0.29) is 11.7 Å². The van der Waals surface area contributed by atoms with Crippen LogP contribution in [0.2, 0.25) is 0 Å². The zero-order valence-electron chi connectivity index (χ0n) is 8.86. The number of carbonyl (C=O) groups is 1. The number of aromatic nitrogens is 3. The molecule has 2 aromatic rings. The lowest BCUT2D eigenvalue weighted by Crippen LogP contribution is -2.23. The largest absolute Gasteiger partial charge is 0.467 e. The lowest BCUT2D eigenvalue weighted by atomic mass is 10.4. The maximum absolute atomic E-state index is 11.6. The number of nitrogens with one attached hydrogen (secondary N) is 2. The van der Waals surface area contributed by atoms with Gasteiger partial charge in [-0.05, 0) is 12.1 Å². The molecule has 0 radical (unpaired) electrons. The second-order valence-electron chi connectivity index (χ2n) is 3.22. The molecule has 0 atom stereocenters. The van der Waals surface area contributed by atoms with Gasteiger partial charge in [-0.1, -0.05) is 6.92 Å². The first kappa shape index (κ1) is 10.4. The molecule has 0 saturated carbocycles. The number of aromatic amines is 1. The summed E-state index contributed by atoms with van der Waals surface area (Å²) in [5, 5.41) is 9.15. The average Bonchev–Trinajstić information content (AvgIpc) is 2.96. The summed E-state index contributed by atoms with van der Waals surface area (Å²) < 4.78 is 5.08. The number of carbonyl (C=O) groups excluding carboxylic acids is 1. The molecule has 0 aliphatic rings. The molecule has 0 fully saturated rings. The molecular weight excluding hydrogens is 208 g/mol. The Hall–Kier alpha value is -2.11. The molecule has 2 aromatic heterocycles. The highest BCUT2D eigenvalue weighted by Gasteiger charge is 2.11. The first-order valence-electron chi connectivity index (χ1n) is 5.01. The SMILES string of the molecule is CCc1nc(C(=O)NCc2ccco2)n[nH]1. The number of amides is 1. The number of furan rings is 1. The van der Waals surface area contributed by atoms with Crippen LogP contribution in [-0.4, -0.2) is 21.1 Å². The van der Waals surface area contributed by atoms with Crippen LogP contribution in [0.1, 0.15) is 29.1 Å². The molecule has 1 amide bonds. The van der Waals surface area contributed by atoms with Gasteiger partial charge < -0.3 is 9.73 Å². The summed E-state index contributed by atoms with van der Waals surface area (Å²) in [6, 6.07) is 3.55. The lowest BCUT2D eigenvalue weighted by Gasteiger charge is -1.98. The predicted octanol–water partition coefficient (Wildman–Crippen LogP) is 0.890. The van der Waals surface area contributed by atoms with Crippen LogP contribution in [0.3, 0.4) is 0 Å². The van der Waals surface area contributed by atoms with E-state index in [9.17, 15) is 4.79 Å². The molecule has 0 saturated heterocycles. The van der Waals surface area contributed by atoms with Crippen molar-refractivity contribution in [1.29, 1.82) is 0 Å². The van der Waals surface area contributed by atoms with E-state index < -0.39 is 0 Å². The first-order chi connectivity index (χ1) is 7.79. The van der Waals surface area contributed by atoms with Gasteiger partial charge in [0.25, 0.3) is 5.91 Å². The van der Waals surface area contributed by atoms with E-state index in [4.69, 9.17) is 4.42 Å². The van der Waals surface area contributed by atoms with Gasteiger partial charge in [0.2, 0.25) is 5.82 Å². The molecule has 0 spiro atoms. The molecule has 0 aliphatic heterocycles. The first-order valence-corrected chi connectivity index (χ1v) is 5.01. The van der Waals surface area contributed by atoms with Gasteiger partial charge in [-0.15, -0.1) is 5.10 Å². The molecule has 6 nitrogen and oxygen atoms in total. The van der Waals surface area contributed by atoms with Crippen molar-refractivity contribution < 1.29 is 9.21 Å². The molecule has 84 valence electrons. The van der Waals surface area contributed by atoms with Gasteiger partial charge in [-0.2, -0.15) is 0 Å². The Morgan fingerprint density at radius 1 is 1.62 bits per heavy atom. The third-order valence-corrected chi connectivity index (χ3v) is 2.07. The van der Waals surface area contributed by atoms with Gasteiger partial charge in [0.15, 0.2) is 0 Å². The molecule has 2 heterocycles. The van der Waals surface area contributed by atoms with Crippen molar-refractivity contribution in [2.75, 3.05) is 0 Å². The fourth-order valence-corrected chi connectivity index (χ4v) is 1.21. The zero-order chi connectivity index (χ0) is 11.4. The third-order valence-electron chi connectivity index (χ3n) is 2.07. The number of hydrogen-bond acceptors (Lipinski definition) is 4. The third kappa shape index (κ3) is 2.28. The Labute approximate surface area is 92.1 Å². The van der Waals surface area contributed by atoms with E-state index in [0.717, 1.165) is 6.42 Å². The molecule has 0 aromatic carbocycles. The molecular formula is C10H12N4O2. The van der Waals surface area contributed by atoms with Crippen LogP contribution >= 0.6 is 0 Å². The monoisotopic (exact) mass is 220 g/mol. The van der Waals surface area contributed by atoms with E-state index in [0.29, 0.717) is 18.1 Å². The van der Waals surface area contributed by atoms with Crippen molar-refractivity contribution in [3.63, 3.8) is 0 Å². The Morgan fingerprint density at radius 3 is 3.12 bits per heavy atom. The minimum Gasteiger partial charge on any atom is -0.467 e. The Morgan fingerprint density at radius 2 is 2.50 bits per heavy atom. The molecule has 16 heavy (non-hydrogen) atoms. The van der Waals surface area contributed by atoms with Gasteiger partial charge in [0.05, 0.1) is 12.8 Å². The second-order valence-corrected chi connectivity index (χ2v) is 3.22. The number of aryl methyl sites for hydroxylation is 1. The van der Waals surface area contributed by atoms with Crippen LogP contribution in [0.5, 0.6) is 0 Å². The number of H-pyrrole nitrogens is 1. The van der Waals surface area contributed by atoms with Crippen LogP contribution in [0.15, 0.2) is 22.8 Å². The zero-order valence-corrected chi connectivity index (χ0v) is 8.86. The highest BCUT2D eigenvalue weighted by molar-refractivity contribution is 5.90. The van der Waals surface area contributed by atoms with Gasteiger partial charge >= 0.3 is 0 Å². The minimum absolute atomic E-state index is 0.156. The van der Waals surface area contributed by atoms with Gasteiger partial charge in [0.1, 0.15) is 11.6 Å². The lowest BCUT2D eigenvalue weighted by molar-refractivity contribution is 0.0938. The Kier molecular flexibility index (Phi) is 3.00. The fourth-order valence-electron chi connectivity index (χ4n) is 1.21. The van der Waals surface area contributed by atoms with Crippen molar-refractivity contribution in [3.8, 4) is 0 Å². The second kappa shape index (κ2) is 4.61. The normalized spacial score (nSPS) is 10.3. The summed E-state index contributed by atoms with van der Waals surface area (Å²) in [6.45, 7) is 2.27. The van der Waals surface area contributed by atoms with Crippen LogP contribution in [0.25, 0.3) is 0 Å². The van der Waals surface area contributed by atoms with E-state index in [1.165, 1.54) is 0 Å². The van der Waals surface area contributed by atoms with Crippen molar-refractivity contribution in [1.82, 2.24) is 20.5 Å². The van der Waals surface area contributed by atoms with E-state index >= 15 is 0 Å². The van der Waals surface area contributed by atoms with E-state index in [1.807, 2.05) is 6.92 Å². The fraction of sp³-hybridized carbons (Fsp3) is 0.300. The highest BCUT2D eigenvalue weighted by atomic mass is 16.3. The van der Waals surface area contributed by atoms with Gasteiger partial charge in [0, 0.05) is 6.42 Å². The van der Waals surface area contributed by atoms with Crippen LogP contribution in [-0.2, 0) is 13.0 Å². The van der Waals surface area contributed by atoms with Crippen molar-refractivity contribution in [2.45, 2.75) is 19.9 Å². The van der Waals surface area contributed by atoms with Crippen LogP contribution in [0, 0.1) is 0 Å². The van der Waals surface area contributed by atoms with Crippen molar-refractivity contribution >= 4 is 5.91 Å². The van der Waals surface area contributed by atoms with Gasteiger partial charge in [-0.25, -0.2) is 4.98 Å². The maximum Gasteiger partial charge on any atom is 0.291 e. The quantitative estimate of drug-likeness (QED) is 0.801. The van der Waals surface area contributed by atoms with Gasteiger partial charge in [-0.3, -0.25) is 9.89 Å². The minimum atomic E-state index is -0.313. The molecule has 6 heteroatoms. The Balaban J connectivity index is 1.93.